The van der Waals surface area contributed by atoms with E-state index < -0.39 is 0 Å². The third kappa shape index (κ3) is 4.92. The average Bonchev–Trinajstić information content (AvgIpc) is 2.72. The Balaban J connectivity index is 2.36. The van der Waals surface area contributed by atoms with Gasteiger partial charge in [-0.05, 0) is 33.4 Å². The van der Waals surface area contributed by atoms with Crippen molar-refractivity contribution in [1.82, 2.24) is 10.2 Å². The molecule has 0 aromatic heterocycles. The van der Waals surface area contributed by atoms with Crippen LogP contribution >= 0.6 is 0 Å². The number of methoxy groups -OCH3 is 1. The molecule has 1 rings (SSSR count). The number of likely N-dealkylation sites (N-methyl/N-ethyl adjacent to an activating group) is 1. The predicted molar refractivity (Wildman–Crippen MR) is 70.4 cm³/mol. The van der Waals surface area contributed by atoms with Gasteiger partial charge in [0.25, 0.3) is 0 Å². The molecule has 0 bridgehead atoms. The van der Waals surface area contributed by atoms with Gasteiger partial charge in [-0.3, -0.25) is 4.90 Å². The second-order valence-electron chi connectivity index (χ2n) is 4.98. The molecule has 17 heavy (non-hydrogen) atoms. The SMILES string of the molecule is CCCNC(COC)CN(C)C1CCOC1C. The number of nitrogens with one attached hydrogen (secondary N) is 1. The van der Waals surface area contributed by atoms with Crippen molar-refractivity contribution in [3.63, 3.8) is 0 Å². The summed E-state index contributed by atoms with van der Waals surface area (Å²) in [4.78, 5) is 2.41. The van der Waals surface area contributed by atoms with E-state index >= 15 is 0 Å². The van der Waals surface area contributed by atoms with E-state index in [0.29, 0.717) is 18.2 Å². The Bertz CT molecular complexity index is 202. The van der Waals surface area contributed by atoms with E-state index in [2.05, 4.69) is 31.1 Å². The van der Waals surface area contributed by atoms with Crippen LogP contribution in [0.4, 0.5) is 0 Å². The highest BCUT2D eigenvalue weighted by Gasteiger charge is 2.28. The van der Waals surface area contributed by atoms with Gasteiger partial charge < -0.3 is 14.8 Å². The molecule has 1 N–H and O–H groups in total. The van der Waals surface area contributed by atoms with Gasteiger partial charge in [-0.25, -0.2) is 0 Å². The predicted octanol–water partition coefficient (Wildman–Crippen LogP) is 1.11. The summed E-state index contributed by atoms with van der Waals surface area (Å²) in [5.41, 5.74) is 0. The van der Waals surface area contributed by atoms with Crippen LogP contribution < -0.4 is 5.32 Å². The summed E-state index contributed by atoms with van der Waals surface area (Å²) in [7, 11) is 3.95. The van der Waals surface area contributed by atoms with E-state index in [-0.39, 0.29) is 0 Å². The number of nitrogens with zero attached hydrogens (tertiary/aromatic N) is 1. The highest BCUT2D eigenvalue weighted by molar-refractivity contribution is 4.83. The molecule has 0 saturated carbocycles. The molecule has 1 saturated heterocycles. The fourth-order valence-corrected chi connectivity index (χ4v) is 2.51. The molecule has 0 aromatic carbocycles. The van der Waals surface area contributed by atoms with Crippen LogP contribution in [0.25, 0.3) is 0 Å². The first-order chi connectivity index (χ1) is 8.19. The van der Waals surface area contributed by atoms with E-state index in [9.17, 15) is 0 Å². The second kappa shape index (κ2) is 8.03. The molecule has 0 aromatic rings. The lowest BCUT2D eigenvalue weighted by atomic mass is 10.1. The Labute approximate surface area is 106 Å². The molecule has 1 fully saturated rings. The molecule has 4 nitrogen and oxygen atoms in total. The van der Waals surface area contributed by atoms with Gasteiger partial charge in [-0.1, -0.05) is 6.92 Å². The summed E-state index contributed by atoms with van der Waals surface area (Å²) in [5.74, 6) is 0. The normalized spacial score (nSPS) is 26.6. The van der Waals surface area contributed by atoms with Crippen molar-refractivity contribution < 1.29 is 9.47 Å². The standard InChI is InChI=1S/C13H28N2O2/c1-5-7-14-12(10-16-4)9-15(3)13-6-8-17-11(13)2/h11-14H,5-10H2,1-4H3. The van der Waals surface area contributed by atoms with Crippen molar-refractivity contribution in [2.75, 3.05) is 40.5 Å². The maximum atomic E-state index is 5.62. The van der Waals surface area contributed by atoms with Gasteiger partial charge in [0.2, 0.25) is 0 Å². The van der Waals surface area contributed by atoms with Crippen LogP contribution in [-0.2, 0) is 9.47 Å². The minimum absolute atomic E-state index is 0.356. The van der Waals surface area contributed by atoms with E-state index in [4.69, 9.17) is 9.47 Å². The first kappa shape index (κ1) is 14.9. The Morgan fingerprint density at radius 3 is 2.82 bits per heavy atom. The lowest BCUT2D eigenvalue weighted by Gasteiger charge is -2.30. The molecule has 0 aliphatic carbocycles. The smallest absolute Gasteiger partial charge is 0.0702 e. The average molecular weight is 244 g/mol. The van der Waals surface area contributed by atoms with Crippen LogP contribution in [0.5, 0.6) is 0 Å². The van der Waals surface area contributed by atoms with Gasteiger partial charge >= 0.3 is 0 Å². The van der Waals surface area contributed by atoms with Crippen LogP contribution in [0.1, 0.15) is 26.7 Å². The summed E-state index contributed by atoms with van der Waals surface area (Å²) < 4.78 is 10.9. The fourth-order valence-electron chi connectivity index (χ4n) is 2.51. The first-order valence-electron chi connectivity index (χ1n) is 6.73. The zero-order valence-corrected chi connectivity index (χ0v) is 11.7. The maximum absolute atomic E-state index is 5.62. The van der Waals surface area contributed by atoms with Crippen LogP contribution in [-0.4, -0.2) is 63.5 Å². The van der Waals surface area contributed by atoms with Crippen LogP contribution in [0.3, 0.4) is 0 Å². The zero-order valence-electron chi connectivity index (χ0n) is 11.7. The van der Waals surface area contributed by atoms with E-state index in [1.807, 2.05) is 0 Å². The van der Waals surface area contributed by atoms with Gasteiger partial charge in [-0.15, -0.1) is 0 Å². The van der Waals surface area contributed by atoms with Gasteiger partial charge in [-0.2, -0.15) is 0 Å². The molecule has 102 valence electrons. The largest absolute Gasteiger partial charge is 0.383 e. The Morgan fingerprint density at radius 2 is 2.29 bits per heavy atom. The molecular weight excluding hydrogens is 216 g/mol. The Kier molecular flexibility index (Phi) is 7.04. The van der Waals surface area contributed by atoms with Crippen molar-refractivity contribution >= 4 is 0 Å². The van der Waals surface area contributed by atoms with Crippen molar-refractivity contribution in [2.45, 2.75) is 44.9 Å². The minimum atomic E-state index is 0.356. The third-order valence-corrected chi connectivity index (χ3v) is 3.46. The third-order valence-electron chi connectivity index (χ3n) is 3.46. The van der Waals surface area contributed by atoms with Crippen molar-refractivity contribution in [2.24, 2.45) is 0 Å². The zero-order chi connectivity index (χ0) is 12.7. The highest BCUT2D eigenvalue weighted by atomic mass is 16.5. The summed E-state index contributed by atoms with van der Waals surface area (Å²) in [5, 5.41) is 3.53. The first-order valence-corrected chi connectivity index (χ1v) is 6.73. The summed E-state index contributed by atoms with van der Waals surface area (Å²) in [6, 6.07) is 0.968. The van der Waals surface area contributed by atoms with Gasteiger partial charge in [0.1, 0.15) is 0 Å². The summed E-state index contributed by atoms with van der Waals surface area (Å²) in [6.07, 6.45) is 2.66. The fraction of sp³-hybridized carbons (Fsp3) is 1.00. The Morgan fingerprint density at radius 1 is 1.53 bits per heavy atom. The molecule has 1 heterocycles. The molecule has 1 aliphatic heterocycles. The second-order valence-corrected chi connectivity index (χ2v) is 4.98. The van der Waals surface area contributed by atoms with E-state index in [1.165, 1.54) is 0 Å². The molecule has 0 amide bonds. The topological polar surface area (TPSA) is 33.7 Å². The van der Waals surface area contributed by atoms with Gasteiger partial charge in [0.05, 0.1) is 12.7 Å². The molecule has 1 aliphatic rings. The van der Waals surface area contributed by atoms with Crippen molar-refractivity contribution in [1.29, 1.82) is 0 Å². The van der Waals surface area contributed by atoms with Gasteiger partial charge in [0.15, 0.2) is 0 Å². The lowest BCUT2D eigenvalue weighted by molar-refractivity contribution is 0.0727. The van der Waals surface area contributed by atoms with Crippen LogP contribution in [0.2, 0.25) is 0 Å². The van der Waals surface area contributed by atoms with Gasteiger partial charge in [0, 0.05) is 32.3 Å². The highest BCUT2D eigenvalue weighted by Crippen LogP contribution is 2.18. The molecule has 0 spiro atoms. The van der Waals surface area contributed by atoms with Crippen LogP contribution in [0.15, 0.2) is 0 Å². The molecular formula is C13H28N2O2. The van der Waals surface area contributed by atoms with Crippen LogP contribution in [0, 0.1) is 0 Å². The monoisotopic (exact) mass is 244 g/mol. The van der Waals surface area contributed by atoms with Crippen molar-refractivity contribution in [3.05, 3.63) is 0 Å². The quantitative estimate of drug-likeness (QED) is 0.693. The minimum Gasteiger partial charge on any atom is -0.383 e. The summed E-state index contributed by atoms with van der Waals surface area (Å²) in [6.45, 7) is 8.09. The molecule has 0 radical (unpaired) electrons. The number of hydrogen-bond acceptors (Lipinski definition) is 4. The molecule has 3 atom stereocenters. The maximum Gasteiger partial charge on any atom is 0.0702 e. The van der Waals surface area contributed by atoms with E-state index in [1.54, 1.807) is 7.11 Å². The number of ether oxygens (including phenoxy) is 2. The Hall–Kier alpha value is -0.160. The number of hydrogen-bond donors (Lipinski definition) is 1. The molecule has 3 unspecified atom stereocenters. The summed E-state index contributed by atoms with van der Waals surface area (Å²) >= 11 is 0. The van der Waals surface area contributed by atoms with E-state index in [0.717, 1.165) is 39.1 Å². The van der Waals surface area contributed by atoms with Crippen molar-refractivity contribution in [3.8, 4) is 0 Å². The lowest BCUT2D eigenvalue weighted by Crippen LogP contribution is -2.47. The molecule has 4 heteroatoms. The number of rotatable bonds is 8.